The molecule has 0 spiro atoms. The van der Waals surface area contributed by atoms with Crippen molar-refractivity contribution in [2.75, 3.05) is 7.11 Å². The van der Waals surface area contributed by atoms with Crippen LogP contribution in [0.3, 0.4) is 0 Å². The van der Waals surface area contributed by atoms with Crippen LogP contribution in [0.1, 0.15) is 21.6 Å². The van der Waals surface area contributed by atoms with E-state index in [1.807, 2.05) is 26.0 Å². The number of nitrogens with zero attached hydrogens (tertiary/aromatic N) is 2. The molecule has 0 aliphatic rings. The van der Waals surface area contributed by atoms with Gasteiger partial charge >= 0.3 is 11.7 Å². The highest BCUT2D eigenvalue weighted by atomic mass is 16.5. The molecule has 6 nitrogen and oxygen atoms in total. The van der Waals surface area contributed by atoms with Gasteiger partial charge in [0.05, 0.1) is 30.0 Å². The first-order valence-electron chi connectivity index (χ1n) is 6.78. The summed E-state index contributed by atoms with van der Waals surface area (Å²) in [7, 11) is 1.30. The van der Waals surface area contributed by atoms with E-state index in [1.54, 1.807) is 10.6 Å². The molecule has 0 atom stereocenters. The van der Waals surface area contributed by atoms with E-state index in [1.165, 1.54) is 19.4 Å². The number of benzene rings is 1. The summed E-state index contributed by atoms with van der Waals surface area (Å²) in [6.07, 6.45) is 1.49. The summed E-state index contributed by atoms with van der Waals surface area (Å²) in [6.45, 7) is 3.89. The maximum Gasteiger partial charge on any atom is 0.356 e. The molecule has 0 bridgehead atoms. The molecule has 112 valence electrons. The molecule has 1 N–H and O–H groups in total. The number of nitrogens with one attached hydrogen (secondary N) is 1. The fraction of sp³-hybridized carbons (Fsp3) is 0.188. The van der Waals surface area contributed by atoms with Crippen molar-refractivity contribution in [3.63, 3.8) is 0 Å². The zero-order valence-electron chi connectivity index (χ0n) is 12.5. The number of imidazole rings is 1. The summed E-state index contributed by atoms with van der Waals surface area (Å²) in [5.41, 5.74) is 4.16. The molecule has 3 rings (SSSR count). The van der Waals surface area contributed by atoms with Crippen LogP contribution in [-0.2, 0) is 4.74 Å². The van der Waals surface area contributed by atoms with Crippen LogP contribution in [-0.4, -0.2) is 27.6 Å². The van der Waals surface area contributed by atoms with Crippen molar-refractivity contribution in [3.8, 4) is 5.69 Å². The number of aromatic nitrogens is 3. The van der Waals surface area contributed by atoms with Gasteiger partial charge in [0.2, 0.25) is 0 Å². The number of aromatic amines is 1. The summed E-state index contributed by atoms with van der Waals surface area (Å²) in [6, 6.07) is 7.15. The predicted octanol–water partition coefficient (Wildman–Crippen LogP) is 2.12. The molecule has 2 aromatic heterocycles. The van der Waals surface area contributed by atoms with E-state index in [0.717, 1.165) is 22.2 Å². The Bertz CT molecular complexity index is 920. The Morgan fingerprint density at radius 1 is 1.18 bits per heavy atom. The Morgan fingerprint density at radius 2 is 1.91 bits per heavy atom. The van der Waals surface area contributed by atoms with Gasteiger partial charge in [-0.25, -0.2) is 14.6 Å². The van der Waals surface area contributed by atoms with Gasteiger partial charge in [-0.3, -0.25) is 4.57 Å². The fourth-order valence-electron chi connectivity index (χ4n) is 2.50. The molecular weight excluding hydrogens is 282 g/mol. The molecule has 0 fully saturated rings. The molecule has 0 aliphatic carbocycles. The van der Waals surface area contributed by atoms with Crippen LogP contribution < -0.4 is 5.69 Å². The molecule has 0 radical (unpaired) electrons. The molecule has 22 heavy (non-hydrogen) atoms. The fourth-order valence-corrected chi connectivity index (χ4v) is 2.50. The maximum absolute atomic E-state index is 12.3. The lowest BCUT2D eigenvalue weighted by atomic mass is 10.1. The number of rotatable bonds is 2. The van der Waals surface area contributed by atoms with E-state index < -0.39 is 5.97 Å². The van der Waals surface area contributed by atoms with Gasteiger partial charge in [0, 0.05) is 0 Å². The van der Waals surface area contributed by atoms with E-state index in [2.05, 4.69) is 14.7 Å². The average Bonchev–Trinajstić information content (AvgIpc) is 2.89. The number of pyridine rings is 1. The number of fused-ring (bicyclic) bond motifs is 1. The number of H-pyrrole nitrogens is 1. The van der Waals surface area contributed by atoms with Crippen LogP contribution in [0.2, 0.25) is 0 Å². The SMILES string of the molecule is COC(=O)c1ccc(-n2c(=O)[nH]c3c(C)ccc(C)c32)cn1. The lowest BCUT2D eigenvalue weighted by Gasteiger charge is -2.07. The quantitative estimate of drug-likeness (QED) is 0.735. The zero-order chi connectivity index (χ0) is 15.9. The third-order valence-electron chi connectivity index (χ3n) is 3.65. The molecule has 0 saturated heterocycles. The zero-order valence-corrected chi connectivity index (χ0v) is 12.5. The first-order chi connectivity index (χ1) is 10.5. The highest BCUT2D eigenvalue weighted by Gasteiger charge is 2.14. The summed E-state index contributed by atoms with van der Waals surface area (Å²) < 4.78 is 6.18. The van der Waals surface area contributed by atoms with Crippen molar-refractivity contribution in [3.05, 3.63) is 57.8 Å². The van der Waals surface area contributed by atoms with E-state index in [4.69, 9.17) is 0 Å². The van der Waals surface area contributed by atoms with Crippen LogP contribution in [0.5, 0.6) is 0 Å². The Labute approximate surface area is 126 Å². The van der Waals surface area contributed by atoms with Crippen LogP contribution >= 0.6 is 0 Å². The summed E-state index contributed by atoms with van der Waals surface area (Å²) in [5.74, 6) is -0.509. The number of hydrogen-bond donors (Lipinski definition) is 1. The standard InChI is InChI=1S/C16H15N3O3/c1-9-4-5-10(2)14-13(9)18-16(21)19(14)11-6-7-12(17-8-11)15(20)22-3/h4-8H,1-3H3,(H,18,21). The summed E-state index contributed by atoms with van der Waals surface area (Å²) in [5, 5.41) is 0. The minimum atomic E-state index is -0.509. The van der Waals surface area contributed by atoms with Crippen molar-refractivity contribution in [1.82, 2.24) is 14.5 Å². The smallest absolute Gasteiger partial charge is 0.356 e. The Hall–Kier alpha value is -2.89. The topological polar surface area (TPSA) is 77.0 Å². The van der Waals surface area contributed by atoms with E-state index in [0.29, 0.717) is 5.69 Å². The van der Waals surface area contributed by atoms with Crippen molar-refractivity contribution >= 4 is 17.0 Å². The molecule has 6 heteroatoms. The molecule has 2 heterocycles. The first-order valence-corrected chi connectivity index (χ1v) is 6.78. The molecular formula is C16H15N3O3. The van der Waals surface area contributed by atoms with E-state index >= 15 is 0 Å². The predicted molar refractivity (Wildman–Crippen MR) is 82.5 cm³/mol. The third kappa shape index (κ3) is 2.09. The lowest BCUT2D eigenvalue weighted by Crippen LogP contribution is -2.15. The van der Waals surface area contributed by atoms with Crippen LogP contribution in [0.25, 0.3) is 16.7 Å². The van der Waals surface area contributed by atoms with E-state index in [9.17, 15) is 9.59 Å². The minimum absolute atomic E-state index is 0.201. The number of hydrogen-bond acceptors (Lipinski definition) is 4. The number of carbonyl (C=O) groups excluding carboxylic acids is 1. The maximum atomic E-state index is 12.3. The second-order valence-corrected chi connectivity index (χ2v) is 5.08. The Morgan fingerprint density at radius 3 is 2.55 bits per heavy atom. The Balaban J connectivity index is 2.22. The van der Waals surface area contributed by atoms with Gasteiger partial charge in [-0.2, -0.15) is 0 Å². The molecule has 0 saturated carbocycles. The van der Waals surface area contributed by atoms with Gasteiger partial charge in [-0.1, -0.05) is 12.1 Å². The summed E-state index contributed by atoms with van der Waals surface area (Å²) >= 11 is 0. The van der Waals surface area contributed by atoms with E-state index in [-0.39, 0.29) is 11.4 Å². The van der Waals surface area contributed by atoms with Crippen LogP contribution in [0.4, 0.5) is 0 Å². The lowest BCUT2D eigenvalue weighted by molar-refractivity contribution is 0.0594. The van der Waals surface area contributed by atoms with Gasteiger partial charge in [0.1, 0.15) is 5.69 Å². The molecule has 1 aromatic carbocycles. The molecule has 0 unspecified atom stereocenters. The molecule has 0 aliphatic heterocycles. The minimum Gasteiger partial charge on any atom is -0.464 e. The van der Waals surface area contributed by atoms with Crippen molar-refractivity contribution in [1.29, 1.82) is 0 Å². The second kappa shape index (κ2) is 5.14. The van der Waals surface area contributed by atoms with Crippen molar-refractivity contribution < 1.29 is 9.53 Å². The monoisotopic (exact) mass is 297 g/mol. The van der Waals surface area contributed by atoms with Crippen LogP contribution in [0, 0.1) is 13.8 Å². The van der Waals surface area contributed by atoms with Gasteiger partial charge in [0.25, 0.3) is 0 Å². The molecule has 0 amide bonds. The van der Waals surface area contributed by atoms with Crippen LogP contribution in [0.15, 0.2) is 35.3 Å². The number of ether oxygens (including phenoxy) is 1. The third-order valence-corrected chi connectivity index (χ3v) is 3.65. The summed E-state index contributed by atoms with van der Waals surface area (Å²) in [4.78, 5) is 30.7. The van der Waals surface area contributed by atoms with Crippen molar-refractivity contribution in [2.24, 2.45) is 0 Å². The average molecular weight is 297 g/mol. The Kier molecular flexibility index (Phi) is 3.29. The number of aryl methyl sites for hydroxylation is 2. The van der Waals surface area contributed by atoms with Crippen molar-refractivity contribution in [2.45, 2.75) is 13.8 Å². The van der Waals surface area contributed by atoms with Gasteiger partial charge < -0.3 is 9.72 Å². The molecule has 3 aromatic rings. The number of methoxy groups -OCH3 is 1. The van der Waals surface area contributed by atoms with Gasteiger partial charge in [0.15, 0.2) is 0 Å². The number of esters is 1. The highest BCUT2D eigenvalue weighted by Crippen LogP contribution is 2.21. The normalized spacial score (nSPS) is 10.9. The number of carbonyl (C=O) groups is 1. The van der Waals surface area contributed by atoms with Gasteiger partial charge in [-0.05, 0) is 37.1 Å². The second-order valence-electron chi connectivity index (χ2n) is 5.08. The largest absolute Gasteiger partial charge is 0.464 e. The van der Waals surface area contributed by atoms with Gasteiger partial charge in [-0.15, -0.1) is 0 Å². The highest BCUT2D eigenvalue weighted by molar-refractivity contribution is 5.87. The first kappa shape index (κ1) is 14.1.